The summed E-state index contributed by atoms with van der Waals surface area (Å²) < 4.78 is 0. The molecule has 2 aliphatic heterocycles. The average molecular weight is 330 g/mol. The maximum atomic E-state index is 12.7. The van der Waals surface area contributed by atoms with Crippen molar-refractivity contribution in [3.8, 4) is 0 Å². The molecule has 24 heavy (non-hydrogen) atoms. The van der Waals surface area contributed by atoms with Crippen molar-refractivity contribution in [2.75, 3.05) is 38.0 Å². The van der Waals surface area contributed by atoms with Gasteiger partial charge in [-0.1, -0.05) is 13.0 Å². The summed E-state index contributed by atoms with van der Waals surface area (Å²) in [6.45, 7) is 9.65. The van der Waals surface area contributed by atoms with Crippen LogP contribution in [-0.4, -0.2) is 60.5 Å². The summed E-state index contributed by atoms with van der Waals surface area (Å²) in [6, 6.07) is 5.77. The molecule has 2 heterocycles. The maximum absolute atomic E-state index is 12.7. The van der Waals surface area contributed by atoms with E-state index >= 15 is 0 Å². The van der Waals surface area contributed by atoms with Gasteiger partial charge in [-0.05, 0) is 43.7 Å². The summed E-state index contributed by atoms with van der Waals surface area (Å²) in [7, 11) is 0. The van der Waals surface area contributed by atoms with Crippen LogP contribution in [0.25, 0.3) is 0 Å². The number of hydrogen-bond donors (Lipinski definition) is 2. The van der Waals surface area contributed by atoms with Crippen LogP contribution in [0.1, 0.15) is 18.1 Å². The Morgan fingerprint density at radius 3 is 2.71 bits per heavy atom. The normalized spacial score (nSPS) is 24.3. The van der Waals surface area contributed by atoms with E-state index in [2.05, 4.69) is 22.5 Å². The van der Waals surface area contributed by atoms with Crippen LogP contribution >= 0.6 is 0 Å². The highest BCUT2D eigenvalue weighted by Crippen LogP contribution is 2.18. The fourth-order valence-electron chi connectivity index (χ4n) is 3.44. The molecule has 0 radical (unpaired) electrons. The zero-order valence-corrected chi connectivity index (χ0v) is 14.6. The van der Waals surface area contributed by atoms with Crippen molar-refractivity contribution in [2.24, 2.45) is 5.92 Å². The number of nitrogens with zero attached hydrogens (tertiary/aromatic N) is 2. The zero-order valence-electron chi connectivity index (χ0n) is 14.6. The number of amides is 3. The van der Waals surface area contributed by atoms with Crippen LogP contribution in [0.3, 0.4) is 0 Å². The number of carbonyl (C=O) groups excluding carboxylic acids is 2. The van der Waals surface area contributed by atoms with E-state index in [1.54, 1.807) is 4.90 Å². The number of likely N-dealkylation sites (N-methyl/N-ethyl adjacent to an activating group) is 1. The Bertz CT molecular complexity index is 646. The van der Waals surface area contributed by atoms with Gasteiger partial charge in [0.1, 0.15) is 0 Å². The Hall–Kier alpha value is -2.08. The maximum Gasteiger partial charge on any atom is 0.321 e. The molecule has 1 aromatic rings. The van der Waals surface area contributed by atoms with E-state index in [1.807, 2.05) is 32.0 Å². The van der Waals surface area contributed by atoms with Crippen molar-refractivity contribution < 1.29 is 9.59 Å². The largest absolute Gasteiger partial charge is 0.350 e. The fourth-order valence-corrected chi connectivity index (χ4v) is 3.44. The van der Waals surface area contributed by atoms with E-state index in [4.69, 9.17) is 0 Å². The van der Waals surface area contributed by atoms with Gasteiger partial charge in [-0.15, -0.1) is 0 Å². The van der Waals surface area contributed by atoms with Crippen LogP contribution in [0.15, 0.2) is 18.2 Å². The first-order chi connectivity index (χ1) is 11.5. The molecule has 2 N–H and O–H groups in total. The SMILES string of the molecule is CCN1C[C@H]2CN(C(=O)Nc3ccc(C)c(C)c3)C[C@@H](C1)C(=O)N2. The molecule has 0 saturated carbocycles. The predicted octanol–water partition coefficient (Wildman–Crippen LogP) is 1.59. The van der Waals surface area contributed by atoms with Crippen LogP contribution in [0, 0.1) is 19.8 Å². The van der Waals surface area contributed by atoms with Gasteiger partial charge in [0.05, 0.1) is 12.0 Å². The van der Waals surface area contributed by atoms with Crippen LogP contribution in [0.5, 0.6) is 0 Å². The molecule has 130 valence electrons. The lowest BCUT2D eigenvalue weighted by Gasteiger charge is -2.32. The van der Waals surface area contributed by atoms with E-state index in [0.717, 1.165) is 24.3 Å². The molecule has 2 saturated heterocycles. The highest BCUT2D eigenvalue weighted by Gasteiger charge is 2.36. The lowest BCUT2D eigenvalue weighted by atomic mass is 10.1. The summed E-state index contributed by atoms with van der Waals surface area (Å²) in [5, 5.41) is 6.04. The Morgan fingerprint density at radius 1 is 1.21 bits per heavy atom. The quantitative estimate of drug-likeness (QED) is 0.865. The van der Waals surface area contributed by atoms with E-state index < -0.39 is 0 Å². The molecule has 2 aliphatic rings. The minimum atomic E-state index is -0.164. The van der Waals surface area contributed by atoms with Crippen LogP contribution < -0.4 is 10.6 Å². The van der Waals surface area contributed by atoms with E-state index in [-0.39, 0.29) is 23.9 Å². The van der Waals surface area contributed by atoms with Gasteiger partial charge < -0.3 is 20.4 Å². The molecule has 0 unspecified atom stereocenters. The Morgan fingerprint density at radius 2 is 2.00 bits per heavy atom. The smallest absolute Gasteiger partial charge is 0.321 e. The van der Waals surface area contributed by atoms with Gasteiger partial charge in [-0.2, -0.15) is 0 Å². The van der Waals surface area contributed by atoms with E-state index in [0.29, 0.717) is 19.6 Å². The van der Waals surface area contributed by atoms with Gasteiger partial charge in [0, 0.05) is 31.9 Å². The number of aryl methyl sites for hydroxylation is 2. The third kappa shape index (κ3) is 3.53. The molecule has 2 fully saturated rings. The number of hydrogen-bond acceptors (Lipinski definition) is 3. The summed E-state index contributed by atoms with van der Waals surface area (Å²) in [5.41, 5.74) is 3.15. The number of urea groups is 1. The fraction of sp³-hybridized carbons (Fsp3) is 0.556. The molecule has 2 atom stereocenters. The molecule has 0 spiro atoms. The standard InChI is InChI=1S/C18H26N4O2/c1-4-21-8-14-9-22(11-16(10-21)19-17(14)23)18(24)20-15-6-5-12(2)13(3)7-15/h5-7,14,16H,4,8-11H2,1-3H3,(H,19,23)(H,20,24)/t14-,16+/m1/s1. The molecule has 0 aromatic heterocycles. The van der Waals surface area contributed by atoms with Crippen molar-refractivity contribution in [3.05, 3.63) is 29.3 Å². The monoisotopic (exact) mass is 330 g/mol. The Balaban J connectivity index is 1.71. The molecule has 0 aliphatic carbocycles. The summed E-state index contributed by atoms with van der Waals surface area (Å²) in [6.07, 6.45) is 0. The number of rotatable bonds is 2. The first kappa shape index (κ1) is 16.8. The number of carbonyl (C=O) groups is 2. The number of fused-ring (bicyclic) bond motifs is 3. The highest BCUT2D eigenvalue weighted by atomic mass is 16.2. The average Bonchev–Trinajstić information content (AvgIpc) is 2.77. The topological polar surface area (TPSA) is 64.7 Å². The van der Waals surface area contributed by atoms with Gasteiger partial charge in [0.2, 0.25) is 5.91 Å². The van der Waals surface area contributed by atoms with Gasteiger partial charge in [0.15, 0.2) is 0 Å². The molecule has 6 heteroatoms. The number of nitrogens with one attached hydrogen (secondary N) is 2. The van der Waals surface area contributed by atoms with Crippen molar-refractivity contribution in [2.45, 2.75) is 26.8 Å². The Labute approximate surface area is 143 Å². The molecule has 3 amide bonds. The van der Waals surface area contributed by atoms with Crippen molar-refractivity contribution in [1.82, 2.24) is 15.1 Å². The van der Waals surface area contributed by atoms with Gasteiger partial charge in [0.25, 0.3) is 0 Å². The lowest BCUT2D eigenvalue weighted by Crippen LogP contribution is -2.50. The van der Waals surface area contributed by atoms with Crippen molar-refractivity contribution in [3.63, 3.8) is 0 Å². The first-order valence-electron chi connectivity index (χ1n) is 8.62. The molecular formula is C18H26N4O2. The second-order valence-corrected chi connectivity index (χ2v) is 6.89. The third-order valence-electron chi connectivity index (χ3n) is 5.05. The first-order valence-corrected chi connectivity index (χ1v) is 8.62. The van der Waals surface area contributed by atoms with E-state index in [1.165, 1.54) is 5.56 Å². The third-order valence-corrected chi connectivity index (χ3v) is 5.05. The van der Waals surface area contributed by atoms with Gasteiger partial charge in [-0.3, -0.25) is 4.79 Å². The van der Waals surface area contributed by atoms with Crippen LogP contribution in [0.4, 0.5) is 10.5 Å². The predicted molar refractivity (Wildman–Crippen MR) is 94.0 cm³/mol. The second-order valence-electron chi connectivity index (χ2n) is 6.89. The molecular weight excluding hydrogens is 304 g/mol. The Kier molecular flexibility index (Phi) is 4.76. The van der Waals surface area contributed by atoms with Crippen LogP contribution in [0.2, 0.25) is 0 Å². The van der Waals surface area contributed by atoms with Gasteiger partial charge in [-0.25, -0.2) is 4.79 Å². The van der Waals surface area contributed by atoms with Gasteiger partial charge >= 0.3 is 6.03 Å². The van der Waals surface area contributed by atoms with Crippen LogP contribution in [-0.2, 0) is 4.79 Å². The lowest BCUT2D eigenvalue weighted by molar-refractivity contribution is -0.124. The van der Waals surface area contributed by atoms with Crippen molar-refractivity contribution >= 4 is 17.6 Å². The second kappa shape index (κ2) is 6.81. The molecule has 1 aromatic carbocycles. The van der Waals surface area contributed by atoms with E-state index in [9.17, 15) is 9.59 Å². The number of benzene rings is 1. The highest BCUT2D eigenvalue weighted by molar-refractivity contribution is 5.90. The molecule has 3 rings (SSSR count). The van der Waals surface area contributed by atoms with Crippen molar-refractivity contribution in [1.29, 1.82) is 0 Å². The minimum absolute atomic E-state index is 0.00421. The number of anilines is 1. The summed E-state index contributed by atoms with van der Waals surface area (Å²) in [4.78, 5) is 29.0. The zero-order chi connectivity index (χ0) is 17.3. The summed E-state index contributed by atoms with van der Waals surface area (Å²) >= 11 is 0. The minimum Gasteiger partial charge on any atom is -0.350 e. The summed E-state index contributed by atoms with van der Waals surface area (Å²) in [5.74, 6) is -0.0969. The molecule has 2 bridgehead atoms. The molecule has 6 nitrogen and oxygen atoms in total.